The molecule has 0 aliphatic heterocycles. The van der Waals surface area contributed by atoms with Crippen molar-refractivity contribution in [3.05, 3.63) is 82.9 Å². The molecule has 0 radical (unpaired) electrons. The number of nitrogens with two attached hydrogens (primary N) is 1. The van der Waals surface area contributed by atoms with Crippen LogP contribution in [0.25, 0.3) is 0 Å². The second-order valence-corrected chi connectivity index (χ2v) is 8.98. The van der Waals surface area contributed by atoms with Gasteiger partial charge in [0.15, 0.2) is 18.1 Å². The topological polar surface area (TPSA) is 147 Å². The van der Waals surface area contributed by atoms with Crippen LogP contribution in [0.15, 0.2) is 60.7 Å². The molecule has 37 heavy (non-hydrogen) atoms. The number of amidine groups is 1. The number of carbonyl (C=O) groups excluding carboxylic acids is 1. The van der Waals surface area contributed by atoms with Gasteiger partial charge < -0.3 is 30.9 Å². The SMILES string of the molecule is Cc1ccc(NCc2cccc(OCC(C)C)c2OCC(=O)O)c(C(=O)Nc2ccc(C(=N)N)cc2)c1. The highest BCUT2D eigenvalue weighted by molar-refractivity contribution is 6.08. The Morgan fingerprint density at radius 3 is 2.43 bits per heavy atom. The summed E-state index contributed by atoms with van der Waals surface area (Å²) >= 11 is 0. The molecule has 3 aromatic carbocycles. The second-order valence-electron chi connectivity index (χ2n) is 8.98. The first kappa shape index (κ1) is 27.1. The number of ether oxygens (including phenoxy) is 2. The number of rotatable bonds is 12. The van der Waals surface area contributed by atoms with E-state index in [1.165, 1.54) is 0 Å². The number of nitrogens with one attached hydrogen (secondary N) is 3. The third-order valence-corrected chi connectivity index (χ3v) is 5.32. The number of para-hydroxylation sites is 1. The Hall–Kier alpha value is -4.53. The summed E-state index contributed by atoms with van der Waals surface area (Å²) in [5.41, 5.74) is 9.28. The van der Waals surface area contributed by atoms with Gasteiger partial charge in [-0.05, 0) is 55.3 Å². The van der Waals surface area contributed by atoms with E-state index in [9.17, 15) is 9.59 Å². The van der Waals surface area contributed by atoms with Crippen molar-refractivity contribution in [2.45, 2.75) is 27.3 Å². The minimum atomic E-state index is -1.09. The molecule has 0 fully saturated rings. The zero-order chi connectivity index (χ0) is 26.9. The smallest absolute Gasteiger partial charge is 0.341 e. The Balaban J connectivity index is 1.82. The van der Waals surface area contributed by atoms with Crippen LogP contribution in [0.2, 0.25) is 0 Å². The molecular weight excluding hydrogens is 472 g/mol. The van der Waals surface area contributed by atoms with Crippen LogP contribution < -0.4 is 25.8 Å². The minimum absolute atomic E-state index is 0.0478. The van der Waals surface area contributed by atoms with Crippen LogP contribution in [0.3, 0.4) is 0 Å². The first-order valence-electron chi connectivity index (χ1n) is 11.8. The van der Waals surface area contributed by atoms with Gasteiger partial charge in [-0.1, -0.05) is 37.6 Å². The summed E-state index contributed by atoms with van der Waals surface area (Å²) in [6.07, 6.45) is 0. The lowest BCUT2D eigenvalue weighted by Crippen LogP contribution is -2.16. The predicted octanol–water partition coefficient (Wildman–Crippen LogP) is 4.64. The first-order valence-corrected chi connectivity index (χ1v) is 11.8. The highest BCUT2D eigenvalue weighted by Gasteiger charge is 2.16. The number of carboxylic acids is 1. The molecule has 6 N–H and O–H groups in total. The summed E-state index contributed by atoms with van der Waals surface area (Å²) in [5.74, 6) is -0.355. The summed E-state index contributed by atoms with van der Waals surface area (Å²) in [4.78, 5) is 24.3. The molecule has 0 aliphatic carbocycles. The monoisotopic (exact) mass is 504 g/mol. The first-order chi connectivity index (χ1) is 17.6. The second kappa shape index (κ2) is 12.4. The molecule has 0 aliphatic rings. The van der Waals surface area contributed by atoms with Gasteiger partial charge in [0, 0.05) is 29.0 Å². The molecule has 9 heteroatoms. The number of carbonyl (C=O) groups is 2. The van der Waals surface area contributed by atoms with Gasteiger partial charge in [-0.25, -0.2) is 4.79 Å². The summed E-state index contributed by atoms with van der Waals surface area (Å²) in [7, 11) is 0. The van der Waals surface area contributed by atoms with Crippen LogP contribution in [0.1, 0.15) is 40.9 Å². The number of hydrogen-bond acceptors (Lipinski definition) is 6. The van der Waals surface area contributed by atoms with Gasteiger partial charge in [-0.2, -0.15) is 0 Å². The molecule has 0 atom stereocenters. The molecular formula is C28H32N4O5. The fourth-order valence-corrected chi connectivity index (χ4v) is 3.49. The van der Waals surface area contributed by atoms with E-state index in [-0.39, 0.29) is 24.2 Å². The zero-order valence-electron chi connectivity index (χ0n) is 21.1. The van der Waals surface area contributed by atoms with Crippen molar-refractivity contribution in [2.24, 2.45) is 11.7 Å². The van der Waals surface area contributed by atoms with Crippen molar-refractivity contribution >= 4 is 29.1 Å². The number of benzene rings is 3. The fourth-order valence-electron chi connectivity index (χ4n) is 3.49. The van der Waals surface area contributed by atoms with Crippen molar-refractivity contribution in [3.63, 3.8) is 0 Å². The molecule has 0 aromatic heterocycles. The predicted molar refractivity (Wildman–Crippen MR) is 144 cm³/mol. The van der Waals surface area contributed by atoms with Crippen molar-refractivity contribution in [3.8, 4) is 11.5 Å². The molecule has 0 spiro atoms. The lowest BCUT2D eigenvalue weighted by molar-refractivity contribution is -0.139. The number of aryl methyl sites for hydroxylation is 1. The van der Waals surface area contributed by atoms with E-state index < -0.39 is 12.6 Å². The van der Waals surface area contributed by atoms with Crippen LogP contribution in [-0.2, 0) is 11.3 Å². The minimum Gasteiger partial charge on any atom is -0.489 e. The zero-order valence-corrected chi connectivity index (χ0v) is 21.1. The molecule has 0 bridgehead atoms. The molecule has 9 nitrogen and oxygen atoms in total. The highest BCUT2D eigenvalue weighted by atomic mass is 16.5. The van der Waals surface area contributed by atoms with E-state index in [0.29, 0.717) is 46.2 Å². The van der Waals surface area contributed by atoms with Crippen LogP contribution in [-0.4, -0.2) is 36.0 Å². The standard InChI is InChI=1S/C28H32N4O5/c1-17(2)15-36-24-6-4-5-20(26(24)37-16-25(33)34)14-31-23-12-7-18(3)13-22(23)28(35)32-21-10-8-19(9-11-21)27(29)30/h4-13,17,31H,14-16H2,1-3H3,(H3,29,30)(H,32,35)(H,33,34). The molecule has 0 saturated heterocycles. The summed E-state index contributed by atoms with van der Waals surface area (Å²) < 4.78 is 11.4. The third kappa shape index (κ3) is 7.73. The molecule has 3 aromatic rings. The number of amides is 1. The Bertz CT molecular complexity index is 1270. The van der Waals surface area contributed by atoms with Crippen LogP contribution in [0, 0.1) is 18.3 Å². The van der Waals surface area contributed by atoms with Crippen molar-refractivity contribution in [1.29, 1.82) is 5.41 Å². The quantitative estimate of drug-likeness (QED) is 0.178. The van der Waals surface area contributed by atoms with Gasteiger partial charge in [0.1, 0.15) is 5.84 Å². The molecule has 0 unspecified atom stereocenters. The Morgan fingerprint density at radius 1 is 1.05 bits per heavy atom. The Kier molecular flexibility index (Phi) is 9.10. The molecule has 3 rings (SSSR count). The van der Waals surface area contributed by atoms with Gasteiger partial charge in [0.05, 0.1) is 12.2 Å². The number of nitrogen functional groups attached to an aromatic ring is 1. The van der Waals surface area contributed by atoms with E-state index in [2.05, 4.69) is 10.6 Å². The van der Waals surface area contributed by atoms with E-state index in [1.54, 1.807) is 36.4 Å². The maximum Gasteiger partial charge on any atom is 0.341 e. The van der Waals surface area contributed by atoms with Gasteiger partial charge in [0.25, 0.3) is 5.91 Å². The maximum atomic E-state index is 13.1. The average Bonchev–Trinajstić information content (AvgIpc) is 2.86. The van der Waals surface area contributed by atoms with Gasteiger partial charge in [-0.3, -0.25) is 10.2 Å². The van der Waals surface area contributed by atoms with Crippen molar-refractivity contribution in [2.75, 3.05) is 23.8 Å². The van der Waals surface area contributed by atoms with Crippen molar-refractivity contribution < 1.29 is 24.2 Å². The summed E-state index contributed by atoms with van der Waals surface area (Å²) in [5, 5.41) is 22.8. The van der Waals surface area contributed by atoms with Gasteiger partial charge >= 0.3 is 5.97 Å². The molecule has 0 saturated carbocycles. The lowest BCUT2D eigenvalue weighted by Gasteiger charge is -2.18. The van der Waals surface area contributed by atoms with Crippen LogP contribution >= 0.6 is 0 Å². The van der Waals surface area contributed by atoms with E-state index in [1.807, 2.05) is 45.0 Å². The average molecular weight is 505 g/mol. The number of hydrogen-bond donors (Lipinski definition) is 5. The largest absolute Gasteiger partial charge is 0.489 e. The normalized spacial score (nSPS) is 10.6. The third-order valence-electron chi connectivity index (χ3n) is 5.32. The number of aliphatic carboxylic acids is 1. The molecule has 0 heterocycles. The fraction of sp³-hybridized carbons (Fsp3) is 0.250. The van der Waals surface area contributed by atoms with Crippen LogP contribution in [0.5, 0.6) is 11.5 Å². The highest BCUT2D eigenvalue weighted by Crippen LogP contribution is 2.33. The van der Waals surface area contributed by atoms with Crippen molar-refractivity contribution in [1.82, 2.24) is 0 Å². The Morgan fingerprint density at radius 2 is 1.78 bits per heavy atom. The van der Waals surface area contributed by atoms with Crippen LogP contribution in [0.4, 0.5) is 11.4 Å². The van der Waals surface area contributed by atoms with Gasteiger partial charge in [0.2, 0.25) is 0 Å². The Labute approximate surface area is 216 Å². The summed E-state index contributed by atoms with van der Waals surface area (Å²) in [6.45, 7) is 6.15. The van der Waals surface area contributed by atoms with E-state index in [0.717, 1.165) is 5.56 Å². The van der Waals surface area contributed by atoms with E-state index in [4.69, 9.17) is 25.7 Å². The summed E-state index contributed by atoms with van der Waals surface area (Å²) in [6, 6.07) is 17.6. The molecule has 1 amide bonds. The van der Waals surface area contributed by atoms with Gasteiger partial charge in [-0.15, -0.1) is 0 Å². The lowest BCUT2D eigenvalue weighted by atomic mass is 10.1. The number of anilines is 2. The maximum absolute atomic E-state index is 13.1. The molecule has 194 valence electrons. The number of carboxylic acid groups (broad SMARTS) is 1. The van der Waals surface area contributed by atoms with E-state index >= 15 is 0 Å².